The molecule has 1 N–H and O–H groups in total. The van der Waals surface area contributed by atoms with Crippen LogP contribution in [0.15, 0.2) is 0 Å². The van der Waals surface area contributed by atoms with Crippen molar-refractivity contribution in [2.45, 2.75) is 0 Å². The number of carboxylic acid groups (broad SMARTS) is 1. The number of carbonyl (C=O) groups is 2. The van der Waals surface area contributed by atoms with Crippen molar-refractivity contribution >= 4 is 25.0 Å². The molecule has 0 aliphatic rings. The van der Waals surface area contributed by atoms with E-state index in [2.05, 4.69) is 12.6 Å². The lowest BCUT2D eigenvalue weighted by Gasteiger charge is -2.08. The van der Waals surface area contributed by atoms with Gasteiger partial charge in [-0.3, -0.25) is 9.59 Å². The van der Waals surface area contributed by atoms with Crippen LogP contribution in [0.2, 0.25) is 0 Å². The fourth-order valence-corrected chi connectivity index (χ4v) is 0.461. The van der Waals surface area contributed by atoms with Crippen molar-refractivity contribution in [3.05, 3.63) is 0 Å². The largest absolute Gasteiger partial charge is 0.480 e. The molecule has 0 heterocycles. The number of aliphatic carboxylic acids is 1. The van der Waals surface area contributed by atoms with Crippen LogP contribution in [-0.2, 0) is 9.59 Å². The van der Waals surface area contributed by atoms with E-state index < -0.39 is 5.97 Å². The highest BCUT2D eigenvalue weighted by atomic mass is 32.1. The van der Waals surface area contributed by atoms with Gasteiger partial charge in [-0.05, 0) is 0 Å². The number of thiol groups is 1. The molecule has 0 atom stereocenters. The molecule has 0 radical (unpaired) electrons. The number of hydrogen-bond donors (Lipinski definition) is 2. The Labute approximate surface area is 57.9 Å². The normalized spacial score (nSPS) is 8.56. The molecule has 1 amide bonds. The third-order valence-electron chi connectivity index (χ3n) is 0.669. The van der Waals surface area contributed by atoms with Crippen LogP contribution >= 0.6 is 12.6 Å². The summed E-state index contributed by atoms with van der Waals surface area (Å²) in [4.78, 5) is 20.8. The number of rotatable bonds is 4. The number of hydrogen-bond acceptors (Lipinski definition) is 3. The third-order valence-corrected chi connectivity index (χ3v) is 1.03. The molecule has 0 saturated carbocycles. The quantitative estimate of drug-likeness (QED) is 0.319. The highest BCUT2D eigenvalue weighted by Crippen LogP contribution is 1.83. The van der Waals surface area contributed by atoms with E-state index in [0.717, 1.165) is 4.90 Å². The monoisotopic (exact) mass is 149 g/mol. The van der Waals surface area contributed by atoms with Crippen LogP contribution in [0.5, 0.6) is 0 Å². The predicted octanol–water partition coefficient (Wildman–Crippen LogP) is -0.583. The number of carboxylic acids is 1. The van der Waals surface area contributed by atoms with Crippen LogP contribution in [0.3, 0.4) is 0 Å². The highest BCUT2D eigenvalue weighted by Gasteiger charge is 2.02. The zero-order valence-electron chi connectivity index (χ0n) is 4.65. The maximum atomic E-state index is 9.89. The molecule has 0 aromatic carbocycles. The van der Waals surface area contributed by atoms with Gasteiger partial charge in [-0.2, -0.15) is 12.6 Å². The van der Waals surface area contributed by atoms with E-state index in [1.165, 1.54) is 0 Å². The van der Waals surface area contributed by atoms with Gasteiger partial charge in [0.25, 0.3) is 0 Å². The minimum atomic E-state index is -1.03. The summed E-state index contributed by atoms with van der Waals surface area (Å²) < 4.78 is 0. The second-order valence-electron chi connectivity index (χ2n) is 1.39. The van der Waals surface area contributed by atoms with E-state index in [4.69, 9.17) is 5.11 Å². The molecular weight excluding hydrogens is 142 g/mol. The van der Waals surface area contributed by atoms with E-state index in [1.54, 1.807) is 0 Å². The first kappa shape index (κ1) is 8.29. The molecule has 0 unspecified atom stereocenters. The molecule has 4 nitrogen and oxygen atoms in total. The van der Waals surface area contributed by atoms with Crippen LogP contribution in [-0.4, -0.2) is 34.8 Å². The fraction of sp³-hybridized carbons (Fsp3) is 0.500. The molecule has 5 heteroatoms. The van der Waals surface area contributed by atoms with Gasteiger partial charge < -0.3 is 10.0 Å². The van der Waals surface area contributed by atoms with Crippen molar-refractivity contribution in [3.63, 3.8) is 0 Å². The molecule has 0 bridgehead atoms. The van der Waals surface area contributed by atoms with Gasteiger partial charge in [0.1, 0.15) is 6.54 Å². The topological polar surface area (TPSA) is 57.6 Å². The Bertz CT molecular complexity index is 116. The van der Waals surface area contributed by atoms with Crippen molar-refractivity contribution in [1.82, 2.24) is 4.90 Å². The maximum Gasteiger partial charge on any atom is 0.323 e. The van der Waals surface area contributed by atoms with Crippen LogP contribution in [0, 0.1) is 0 Å². The molecule has 9 heavy (non-hydrogen) atoms. The standard InChI is InChI=1S/C4H7NO3S/c6-2-5(3-9)1-4(7)8/h2,9H,1,3H2,(H,7,8). The smallest absolute Gasteiger partial charge is 0.323 e. The van der Waals surface area contributed by atoms with E-state index in [0.29, 0.717) is 6.41 Å². The van der Waals surface area contributed by atoms with Gasteiger partial charge >= 0.3 is 5.97 Å². The maximum absolute atomic E-state index is 9.89. The first-order chi connectivity index (χ1) is 4.20. The van der Waals surface area contributed by atoms with Gasteiger partial charge in [-0.1, -0.05) is 0 Å². The summed E-state index contributed by atoms with van der Waals surface area (Å²) in [5.41, 5.74) is 0. The lowest BCUT2D eigenvalue weighted by Crippen LogP contribution is -2.26. The minimum Gasteiger partial charge on any atom is -0.480 e. The lowest BCUT2D eigenvalue weighted by molar-refractivity contribution is -0.140. The van der Waals surface area contributed by atoms with Crippen LogP contribution in [0.4, 0.5) is 0 Å². The molecular formula is C4H7NO3S. The molecule has 0 aromatic heterocycles. The van der Waals surface area contributed by atoms with E-state index in [1.807, 2.05) is 0 Å². The first-order valence-corrected chi connectivity index (χ1v) is 2.86. The summed E-state index contributed by atoms with van der Waals surface area (Å²) in [6.07, 6.45) is 0.446. The van der Waals surface area contributed by atoms with E-state index >= 15 is 0 Å². The zero-order chi connectivity index (χ0) is 7.28. The molecule has 52 valence electrons. The SMILES string of the molecule is O=CN(CS)CC(=O)O. The van der Waals surface area contributed by atoms with Crippen molar-refractivity contribution in [1.29, 1.82) is 0 Å². The summed E-state index contributed by atoms with van der Waals surface area (Å²) >= 11 is 3.70. The Morgan fingerprint density at radius 1 is 1.78 bits per heavy atom. The number of nitrogens with zero attached hydrogens (tertiary/aromatic N) is 1. The molecule has 0 aliphatic heterocycles. The van der Waals surface area contributed by atoms with E-state index in [9.17, 15) is 9.59 Å². The van der Waals surface area contributed by atoms with Gasteiger partial charge in [0.2, 0.25) is 6.41 Å². The van der Waals surface area contributed by atoms with Gasteiger partial charge in [0.05, 0.1) is 5.88 Å². The van der Waals surface area contributed by atoms with Crippen LogP contribution in [0.25, 0.3) is 0 Å². The lowest BCUT2D eigenvalue weighted by atomic mass is 10.6. The third kappa shape index (κ3) is 3.84. The van der Waals surface area contributed by atoms with Gasteiger partial charge in [0.15, 0.2) is 0 Å². The molecule has 0 aromatic rings. The molecule has 0 spiro atoms. The minimum absolute atomic E-state index is 0.135. The van der Waals surface area contributed by atoms with Crippen molar-refractivity contribution in [3.8, 4) is 0 Å². The van der Waals surface area contributed by atoms with Gasteiger partial charge in [-0.15, -0.1) is 0 Å². The molecule has 0 rings (SSSR count). The fourth-order valence-electron chi connectivity index (χ4n) is 0.294. The van der Waals surface area contributed by atoms with E-state index in [-0.39, 0.29) is 12.4 Å². The van der Waals surface area contributed by atoms with Gasteiger partial charge in [0, 0.05) is 0 Å². The average Bonchev–Trinajstić information content (AvgIpc) is 1.82. The summed E-state index contributed by atoms with van der Waals surface area (Å²) in [7, 11) is 0. The Kier molecular flexibility index (Phi) is 3.87. The van der Waals surface area contributed by atoms with Crippen LogP contribution < -0.4 is 0 Å². The predicted molar refractivity (Wildman–Crippen MR) is 34.3 cm³/mol. The first-order valence-electron chi connectivity index (χ1n) is 2.22. The summed E-state index contributed by atoms with van der Waals surface area (Å²) in [6.45, 7) is -0.285. The van der Waals surface area contributed by atoms with Crippen LogP contribution in [0.1, 0.15) is 0 Å². The van der Waals surface area contributed by atoms with Crippen molar-refractivity contribution in [2.24, 2.45) is 0 Å². The number of carbonyl (C=O) groups excluding carboxylic acids is 1. The summed E-state index contributed by atoms with van der Waals surface area (Å²) in [5.74, 6) is -0.897. The number of amides is 1. The highest BCUT2D eigenvalue weighted by molar-refractivity contribution is 7.80. The Balaban J connectivity index is 3.55. The molecule has 0 aliphatic carbocycles. The van der Waals surface area contributed by atoms with Crippen molar-refractivity contribution in [2.75, 3.05) is 12.4 Å². The summed E-state index contributed by atoms with van der Waals surface area (Å²) in [5, 5.41) is 8.11. The second-order valence-corrected chi connectivity index (χ2v) is 1.67. The Morgan fingerprint density at radius 3 is 2.44 bits per heavy atom. The average molecular weight is 149 g/mol. The Hall–Kier alpha value is -0.710. The summed E-state index contributed by atoms with van der Waals surface area (Å²) in [6, 6.07) is 0. The van der Waals surface area contributed by atoms with Gasteiger partial charge in [-0.25, -0.2) is 0 Å². The Morgan fingerprint density at radius 2 is 2.33 bits per heavy atom. The zero-order valence-corrected chi connectivity index (χ0v) is 5.54. The molecule has 0 fully saturated rings. The van der Waals surface area contributed by atoms with Crippen molar-refractivity contribution < 1.29 is 14.7 Å². The molecule has 0 saturated heterocycles. The second kappa shape index (κ2) is 4.20.